The average molecular weight is 232 g/mol. The largest absolute Gasteiger partial charge is 0.395 e. The van der Waals surface area contributed by atoms with Gasteiger partial charge >= 0.3 is 0 Å². The SMILES string of the molecule is CN(C)C1C(N)C(=O)N(CCO)N1CCO. The lowest BCUT2D eigenvalue weighted by Gasteiger charge is -2.34. The van der Waals surface area contributed by atoms with Gasteiger partial charge in [0.15, 0.2) is 0 Å². The van der Waals surface area contributed by atoms with Crippen molar-refractivity contribution in [1.29, 1.82) is 0 Å². The molecular formula is C9H20N4O3. The van der Waals surface area contributed by atoms with E-state index in [4.69, 9.17) is 15.9 Å². The quantitative estimate of drug-likeness (QED) is 0.476. The maximum absolute atomic E-state index is 11.8. The van der Waals surface area contributed by atoms with E-state index in [9.17, 15) is 4.79 Å². The number of rotatable bonds is 5. The molecule has 0 bridgehead atoms. The molecule has 1 amide bonds. The first-order valence-corrected chi connectivity index (χ1v) is 5.26. The predicted molar refractivity (Wildman–Crippen MR) is 58.0 cm³/mol. The summed E-state index contributed by atoms with van der Waals surface area (Å²) in [7, 11) is 3.65. The van der Waals surface area contributed by atoms with Crippen LogP contribution in [0.25, 0.3) is 0 Å². The lowest BCUT2D eigenvalue weighted by Crippen LogP contribution is -2.52. The van der Waals surface area contributed by atoms with Crippen LogP contribution in [0.1, 0.15) is 0 Å². The number of carbonyl (C=O) groups is 1. The fourth-order valence-corrected chi connectivity index (χ4v) is 2.03. The van der Waals surface area contributed by atoms with E-state index >= 15 is 0 Å². The summed E-state index contributed by atoms with van der Waals surface area (Å²) in [4.78, 5) is 13.7. The van der Waals surface area contributed by atoms with Crippen LogP contribution in [0, 0.1) is 0 Å². The van der Waals surface area contributed by atoms with Crippen LogP contribution in [-0.2, 0) is 4.79 Å². The molecule has 1 aliphatic heterocycles. The number of hydrogen-bond donors (Lipinski definition) is 3. The predicted octanol–water partition coefficient (Wildman–Crippen LogP) is -2.75. The molecule has 1 saturated heterocycles. The second-order valence-corrected chi connectivity index (χ2v) is 3.97. The number of hydrazine groups is 1. The van der Waals surface area contributed by atoms with Crippen molar-refractivity contribution in [3.05, 3.63) is 0 Å². The first-order chi connectivity index (χ1) is 7.54. The van der Waals surface area contributed by atoms with E-state index < -0.39 is 6.04 Å². The Bertz CT molecular complexity index is 249. The third-order valence-electron chi connectivity index (χ3n) is 2.65. The third-order valence-corrected chi connectivity index (χ3v) is 2.65. The Kier molecular flexibility index (Phi) is 4.63. The second-order valence-electron chi connectivity index (χ2n) is 3.97. The molecule has 0 aliphatic carbocycles. The molecule has 7 heteroatoms. The van der Waals surface area contributed by atoms with Crippen molar-refractivity contribution in [2.45, 2.75) is 12.2 Å². The number of aliphatic hydroxyl groups excluding tert-OH is 2. The fourth-order valence-electron chi connectivity index (χ4n) is 2.03. The van der Waals surface area contributed by atoms with Crippen molar-refractivity contribution < 1.29 is 15.0 Å². The Morgan fingerprint density at radius 1 is 1.31 bits per heavy atom. The highest BCUT2D eigenvalue weighted by molar-refractivity contribution is 5.84. The molecular weight excluding hydrogens is 212 g/mol. The summed E-state index contributed by atoms with van der Waals surface area (Å²) in [6, 6.07) is -0.645. The summed E-state index contributed by atoms with van der Waals surface area (Å²) < 4.78 is 0. The lowest BCUT2D eigenvalue weighted by molar-refractivity contribution is -0.142. The first kappa shape index (κ1) is 13.3. The standard InChI is InChI=1S/C9H20N4O3/c1-11(2)8-7(10)9(16)13(4-6-15)12(8)3-5-14/h7-8,14-15H,3-6,10H2,1-2H3. The van der Waals surface area contributed by atoms with Crippen LogP contribution < -0.4 is 5.73 Å². The van der Waals surface area contributed by atoms with Gasteiger partial charge in [-0.2, -0.15) is 5.01 Å². The van der Waals surface area contributed by atoms with Crippen LogP contribution in [-0.4, -0.2) is 83.6 Å². The second kappa shape index (κ2) is 5.55. The number of β-amino-alcohol motifs (C(OH)–C–C–N with tert-alkyl or cyclic N) is 2. The molecule has 1 aliphatic rings. The molecule has 0 saturated carbocycles. The molecule has 1 fully saturated rings. The van der Waals surface area contributed by atoms with Gasteiger partial charge in [-0.3, -0.25) is 14.7 Å². The van der Waals surface area contributed by atoms with Gasteiger partial charge in [0.1, 0.15) is 12.2 Å². The van der Waals surface area contributed by atoms with Crippen molar-refractivity contribution >= 4 is 5.91 Å². The zero-order chi connectivity index (χ0) is 12.3. The molecule has 2 unspecified atom stereocenters. The van der Waals surface area contributed by atoms with E-state index in [1.807, 2.05) is 19.0 Å². The summed E-state index contributed by atoms with van der Waals surface area (Å²) in [6.45, 7) is 0.339. The minimum atomic E-state index is -0.645. The third kappa shape index (κ3) is 2.33. The zero-order valence-electron chi connectivity index (χ0n) is 9.70. The normalized spacial score (nSPS) is 27.1. The molecule has 7 nitrogen and oxygen atoms in total. The lowest BCUT2D eigenvalue weighted by atomic mass is 10.2. The van der Waals surface area contributed by atoms with Gasteiger partial charge in [-0.05, 0) is 14.1 Å². The van der Waals surface area contributed by atoms with Crippen LogP contribution in [0.4, 0.5) is 0 Å². The van der Waals surface area contributed by atoms with Crippen molar-refractivity contribution in [1.82, 2.24) is 14.9 Å². The number of nitrogens with two attached hydrogens (primary N) is 1. The number of amides is 1. The van der Waals surface area contributed by atoms with Crippen LogP contribution in [0.5, 0.6) is 0 Å². The van der Waals surface area contributed by atoms with Crippen LogP contribution >= 0.6 is 0 Å². The molecule has 1 heterocycles. The van der Waals surface area contributed by atoms with E-state index in [0.29, 0.717) is 6.54 Å². The van der Waals surface area contributed by atoms with E-state index in [1.54, 1.807) is 5.01 Å². The summed E-state index contributed by atoms with van der Waals surface area (Å²) in [5.74, 6) is -0.221. The van der Waals surface area contributed by atoms with Gasteiger partial charge in [0.05, 0.1) is 19.8 Å². The minimum absolute atomic E-state index is 0.0632. The summed E-state index contributed by atoms with van der Waals surface area (Å²) in [5, 5.41) is 21.0. The van der Waals surface area contributed by atoms with Crippen molar-refractivity contribution in [3.63, 3.8) is 0 Å². The van der Waals surface area contributed by atoms with E-state index in [0.717, 1.165) is 0 Å². The monoisotopic (exact) mass is 232 g/mol. The maximum Gasteiger partial charge on any atom is 0.256 e. The molecule has 0 radical (unpaired) electrons. The Balaban J connectivity index is 2.87. The van der Waals surface area contributed by atoms with E-state index in [1.165, 1.54) is 5.01 Å². The van der Waals surface area contributed by atoms with Gasteiger partial charge in [-0.15, -0.1) is 0 Å². The van der Waals surface area contributed by atoms with Gasteiger partial charge in [0.2, 0.25) is 0 Å². The molecule has 4 N–H and O–H groups in total. The van der Waals surface area contributed by atoms with Gasteiger partial charge in [-0.1, -0.05) is 0 Å². The van der Waals surface area contributed by atoms with Crippen LogP contribution in [0.3, 0.4) is 0 Å². The highest BCUT2D eigenvalue weighted by Gasteiger charge is 2.45. The maximum atomic E-state index is 11.8. The van der Waals surface area contributed by atoms with Gasteiger partial charge in [0.25, 0.3) is 5.91 Å². The smallest absolute Gasteiger partial charge is 0.256 e. The number of carbonyl (C=O) groups excluding carboxylic acids is 1. The van der Waals surface area contributed by atoms with Crippen LogP contribution in [0.15, 0.2) is 0 Å². The number of nitrogens with zero attached hydrogens (tertiary/aromatic N) is 3. The average Bonchev–Trinajstić information content (AvgIpc) is 2.44. The fraction of sp³-hybridized carbons (Fsp3) is 0.889. The number of likely N-dealkylation sites (N-methyl/N-ethyl adjacent to an activating group) is 1. The molecule has 0 aromatic rings. The number of aliphatic hydroxyl groups is 2. The molecule has 1 rings (SSSR count). The van der Waals surface area contributed by atoms with Crippen molar-refractivity contribution in [2.75, 3.05) is 40.4 Å². The molecule has 16 heavy (non-hydrogen) atoms. The van der Waals surface area contributed by atoms with Gasteiger partial charge < -0.3 is 15.9 Å². The molecule has 2 atom stereocenters. The highest BCUT2D eigenvalue weighted by atomic mass is 16.3. The van der Waals surface area contributed by atoms with E-state index in [2.05, 4.69) is 0 Å². The van der Waals surface area contributed by atoms with Gasteiger partial charge in [-0.25, -0.2) is 0 Å². The minimum Gasteiger partial charge on any atom is -0.395 e. The molecule has 94 valence electrons. The Morgan fingerprint density at radius 3 is 2.31 bits per heavy atom. The summed E-state index contributed by atoms with van der Waals surface area (Å²) in [5.41, 5.74) is 5.83. The summed E-state index contributed by atoms with van der Waals surface area (Å²) >= 11 is 0. The number of hydrogen-bond acceptors (Lipinski definition) is 6. The van der Waals surface area contributed by atoms with Crippen molar-refractivity contribution in [2.24, 2.45) is 5.73 Å². The Hall–Kier alpha value is -0.730. The first-order valence-electron chi connectivity index (χ1n) is 5.26. The Labute approximate surface area is 95.0 Å². The zero-order valence-corrected chi connectivity index (χ0v) is 9.70. The van der Waals surface area contributed by atoms with E-state index in [-0.39, 0.29) is 31.8 Å². The molecule has 0 aromatic carbocycles. The molecule has 0 aromatic heterocycles. The summed E-state index contributed by atoms with van der Waals surface area (Å²) in [6.07, 6.45) is -0.272. The van der Waals surface area contributed by atoms with Crippen molar-refractivity contribution in [3.8, 4) is 0 Å². The topological polar surface area (TPSA) is 93.3 Å². The molecule has 0 spiro atoms. The van der Waals surface area contributed by atoms with Gasteiger partial charge in [0, 0.05) is 6.54 Å². The Morgan fingerprint density at radius 2 is 1.88 bits per heavy atom. The highest BCUT2D eigenvalue weighted by Crippen LogP contribution is 2.19. The van der Waals surface area contributed by atoms with Crippen LogP contribution in [0.2, 0.25) is 0 Å².